The number of nitrogens with zero attached hydrogens (tertiary/aromatic N) is 3. The number of hydrogen-bond acceptors (Lipinski definition) is 3. The van der Waals surface area contributed by atoms with Gasteiger partial charge in [0.2, 0.25) is 0 Å². The van der Waals surface area contributed by atoms with E-state index in [0.717, 1.165) is 6.42 Å². The van der Waals surface area contributed by atoms with Crippen molar-refractivity contribution in [3.8, 4) is 0 Å². The fourth-order valence-electron chi connectivity index (χ4n) is 2.22. The second-order valence-electron chi connectivity index (χ2n) is 4.85. The lowest BCUT2D eigenvalue weighted by Gasteiger charge is -2.13. The minimum Gasteiger partial charge on any atom is -0.465 e. The monoisotopic (exact) mass is 251 g/mol. The Balaban J connectivity index is 2.19. The molecule has 2 rings (SSSR count). The summed E-state index contributed by atoms with van der Waals surface area (Å²) in [5.41, 5.74) is 0.428. The highest BCUT2D eigenvalue weighted by Gasteiger charge is 2.28. The Labute approximate surface area is 105 Å². The van der Waals surface area contributed by atoms with Gasteiger partial charge >= 0.3 is 11.8 Å². The Bertz CT molecular complexity index is 510. The van der Waals surface area contributed by atoms with E-state index >= 15 is 0 Å². The lowest BCUT2D eigenvalue weighted by atomic mass is 10.1. The van der Waals surface area contributed by atoms with Crippen LogP contribution in [0.25, 0.3) is 0 Å². The second kappa shape index (κ2) is 4.80. The molecule has 0 aromatic carbocycles. The summed E-state index contributed by atoms with van der Waals surface area (Å²) in [6.45, 7) is 4.78. The maximum absolute atomic E-state index is 11.8. The van der Waals surface area contributed by atoms with Crippen molar-refractivity contribution in [2.24, 2.45) is 0 Å². The first kappa shape index (κ1) is 12.6. The van der Waals surface area contributed by atoms with Crippen LogP contribution in [0, 0.1) is 0 Å². The molecule has 98 valence electrons. The van der Waals surface area contributed by atoms with Gasteiger partial charge in [-0.2, -0.15) is 4.98 Å². The Kier molecular flexibility index (Phi) is 3.36. The van der Waals surface area contributed by atoms with Crippen LogP contribution < -0.4 is 5.69 Å². The molecule has 1 amide bonds. The molecule has 1 aliphatic heterocycles. The van der Waals surface area contributed by atoms with Crippen LogP contribution in [0.1, 0.15) is 37.9 Å². The minimum absolute atomic E-state index is 0.0376. The normalized spacial score (nSPS) is 19.5. The molecule has 1 unspecified atom stereocenters. The van der Waals surface area contributed by atoms with Crippen LogP contribution in [0.3, 0.4) is 0 Å². The summed E-state index contributed by atoms with van der Waals surface area (Å²) >= 11 is 0. The Morgan fingerprint density at radius 3 is 2.78 bits per heavy atom. The first-order chi connectivity index (χ1) is 8.49. The van der Waals surface area contributed by atoms with Gasteiger partial charge in [0.15, 0.2) is 0 Å². The minimum atomic E-state index is -0.909. The molecule has 1 fully saturated rings. The van der Waals surface area contributed by atoms with Crippen molar-refractivity contribution in [3.05, 3.63) is 28.4 Å². The molecule has 1 aromatic heterocycles. The van der Waals surface area contributed by atoms with Gasteiger partial charge in [-0.05, 0) is 26.3 Å². The molecule has 0 bridgehead atoms. The lowest BCUT2D eigenvalue weighted by molar-refractivity contribution is 0.155. The van der Waals surface area contributed by atoms with Crippen LogP contribution >= 0.6 is 0 Å². The molecule has 1 atom stereocenters. The lowest BCUT2D eigenvalue weighted by Crippen LogP contribution is -2.28. The van der Waals surface area contributed by atoms with Gasteiger partial charge in [0.25, 0.3) is 0 Å². The van der Waals surface area contributed by atoms with Crippen molar-refractivity contribution in [2.75, 3.05) is 13.1 Å². The van der Waals surface area contributed by atoms with Gasteiger partial charge in [-0.3, -0.25) is 4.57 Å². The smallest absolute Gasteiger partial charge is 0.407 e. The quantitative estimate of drug-likeness (QED) is 0.859. The van der Waals surface area contributed by atoms with Crippen LogP contribution in [0.4, 0.5) is 4.79 Å². The Morgan fingerprint density at radius 2 is 2.28 bits per heavy atom. The molecule has 6 nitrogen and oxygen atoms in total. The fraction of sp³-hybridized carbons (Fsp3) is 0.583. The Morgan fingerprint density at radius 1 is 1.56 bits per heavy atom. The second-order valence-corrected chi connectivity index (χ2v) is 4.85. The number of carboxylic acid groups (broad SMARTS) is 1. The standard InChI is InChI=1S/C12H17N3O3/c1-8(2)15-6-4-10(13-11(15)16)9-3-5-14(7-9)12(17)18/h4,6,8-9H,3,5,7H2,1-2H3,(H,17,18). The van der Waals surface area contributed by atoms with Gasteiger partial charge in [0, 0.05) is 31.2 Å². The molecule has 1 N–H and O–H groups in total. The van der Waals surface area contributed by atoms with Crippen LogP contribution in [0.15, 0.2) is 17.1 Å². The predicted molar refractivity (Wildman–Crippen MR) is 65.8 cm³/mol. The van der Waals surface area contributed by atoms with Crippen LogP contribution in [-0.4, -0.2) is 38.7 Å². The number of amides is 1. The van der Waals surface area contributed by atoms with E-state index in [4.69, 9.17) is 5.11 Å². The molecule has 1 saturated heterocycles. The third kappa shape index (κ3) is 2.37. The van der Waals surface area contributed by atoms with Crippen molar-refractivity contribution < 1.29 is 9.90 Å². The molecule has 18 heavy (non-hydrogen) atoms. The zero-order valence-corrected chi connectivity index (χ0v) is 10.5. The van der Waals surface area contributed by atoms with E-state index in [9.17, 15) is 9.59 Å². The summed E-state index contributed by atoms with van der Waals surface area (Å²) in [5.74, 6) is 0.0376. The first-order valence-corrected chi connectivity index (χ1v) is 6.06. The average molecular weight is 251 g/mol. The summed E-state index contributed by atoms with van der Waals surface area (Å²) in [6.07, 6.45) is 1.55. The highest BCUT2D eigenvalue weighted by Crippen LogP contribution is 2.24. The SMILES string of the molecule is CC(C)n1ccc(C2CCN(C(=O)O)C2)nc1=O. The van der Waals surface area contributed by atoms with Crippen molar-refractivity contribution in [1.82, 2.24) is 14.5 Å². The summed E-state index contributed by atoms with van der Waals surface area (Å²) in [6, 6.07) is 1.90. The van der Waals surface area contributed by atoms with Crippen LogP contribution in [0.5, 0.6) is 0 Å². The molecule has 1 aliphatic rings. The first-order valence-electron chi connectivity index (χ1n) is 6.06. The molecule has 1 aromatic rings. The summed E-state index contributed by atoms with van der Waals surface area (Å²) in [4.78, 5) is 28.0. The third-order valence-corrected chi connectivity index (χ3v) is 3.28. The maximum Gasteiger partial charge on any atom is 0.407 e. The molecule has 2 heterocycles. The van der Waals surface area contributed by atoms with Crippen LogP contribution in [-0.2, 0) is 0 Å². The van der Waals surface area contributed by atoms with Gasteiger partial charge < -0.3 is 10.0 Å². The Hall–Kier alpha value is -1.85. The highest BCUT2D eigenvalue weighted by atomic mass is 16.4. The molecule has 0 aliphatic carbocycles. The van der Waals surface area contributed by atoms with Crippen molar-refractivity contribution in [2.45, 2.75) is 32.2 Å². The number of hydrogen-bond donors (Lipinski definition) is 1. The number of rotatable bonds is 2. The summed E-state index contributed by atoms with van der Waals surface area (Å²) < 4.78 is 1.56. The van der Waals surface area contributed by atoms with Gasteiger partial charge in [0.1, 0.15) is 0 Å². The van der Waals surface area contributed by atoms with E-state index in [-0.39, 0.29) is 17.6 Å². The summed E-state index contributed by atoms with van der Waals surface area (Å²) in [5, 5.41) is 8.89. The molecular formula is C12H17N3O3. The average Bonchev–Trinajstić information content (AvgIpc) is 2.77. The van der Waals surface area contributed by atoms with E-state index in [1.54, 1.807) is 10.8 Å². The predicted octanol–water partition coefficient (Wildman–Crippen LogP) is 1.29. The van der Waals surface area contributed by atoms with E-state index in [1.165, 1.54) is 4.90 Å². The zero-order valence-electron chi connectivity index (χ0n) is 10.5. The number of likely N-dealkylation sites (tertiary alicyclic amines) is 1. The highest BCUT2D eigenvalue weighted by molar-refractivity contribution is 5.65. The van der Waals surface area contributed by atoms with E-state index in [2.05, 4.69) is 4.98 Å². The van der Waals surface area contributed by atoms with E-state index < -0.39 is 6.09 Å². The van der Waals surface area contributed by atoms with Gasteiger partial charge in [-0.25, -0.2) is 9.59 Å². The fourth-order valence-corrected chi connectivity index (χ4v) is 2.22. The van der Waals surface area contributed by atoms with Crippen molar-refractivity contribution in [3.63, 3.8) is 0 Å². The maximum atomic E-state index is 11.8. The summed E-state index contributed by atoms with van der Waals surface area (Å²) in [7, 11) is 0. The van der Waals surface area contributed by atoms with E-state index in [1.807, 2.05) is 19.9 Å². The topological polar surface area (TPSA) is 75.4 Å². The van der Waals surface area contributed by atoms with Crippen molar-refractivity contribution in [1.29, 1.82) is 0 Å². The van der Waals surface area contributed by atoms with Crippen molar-refractivity contribution >= 4 is 6.09 Å². The molecule has 0 radical (unpaired) electrons. The van der Waals surface area contributed by atoms with Gasteiger partial charge in [0.05, 0.1) is 5.69 Å². The molecule has 0 spiro atoms. The largest absolute Gasteiger partial charge is 0.465 e. The number of aromatic nitrogens is 2. The molecule has 0 saturated carbocycles. The van der Waals surface area contributed by atoms with E-state index in [0.29, 0.717) is 18.8 Å². The van der Waals surface area contributed by atoms with Crippen LogP contribution in [0.2, 0.25) is 0 Å². The molecular weight excluding hydrogens is 234 g/mol. The molecule has 6 heteroatoms. The third-order valence-electron chi connectivity index (χ3n) is 3.28. The number of carbonyl (C=O) groups is 1. The van der Waals surface area contributed by atoms with Gasteiger partial charge in [-0.1, -0.05) is 0 Å². The zero-order chi connectivity index (χ0) is 13.3. The van der Waals surface area contributed by atoms with Gasteiger partial charge in [-0.15, -0.1) is 0 Å².